The lowest BCUT2D eigenvalue weighted by Gasteiger charge is -2.14. The molecule has 3 rings (SSSR count). The number of nitrogens with one attached hydrogen (secondary N) is 2. The van der Waals surface area contributed by atoms with Gasteiger partial charge in [-0.05, 0) is 12.1 Å². The number of hydrogen-bond donors (Lipinski definition) is 3. The van der Waals surface area contributed by atoms with Crippen LogP contribution in [-0.2, 0) is 13.2 Å². The van der Waals surface area contributed by atoms with E-state index in [2.05, 4.69) is 20.0 Å². The van der Waals surface area contributed by atoms with Gasteiger partial charge in [-0.15, -0.1) is 24.5 Å². The Morgan fingerprint density at radius 1 is 1.31 bits per heavy atom. The Bertz CT molecular complexity index is 909. The Morgan fingerprint density at radius 2 is 2.12 bits per heavy atom. The van der Waals surface area contributed by atoms with E-state index in [1.54, 1.807) is 10.9 Å². The fourth-order valence-corrected chi connectivity index (χ4v) is 2.79. The lowest BCUT2D eigenvalue weighted by atomic mass is 10.2. The molecule has 0 atom stereocenters. The number of aromatic nitrogens is 2. The first-order valence-electron chi connectivity index (χ1n) is 7.18. The van der Waals surface area contributed by atoms with E-state index in [1.165, 1.54) is 29.5 Å². The third-order valence-electron chi connectivity index (χ3n) is 3.26. The summed E-state index contributed by atoms with van der Waals surface area (Å²) in [5.74, 6) is -0.598. The first-order chi connectivity index (χ1) is 12.3. The zero-order valence-corrected chi connectivity index (χ0v) is 13.8. The van der Waals surface area contributed by atoms with Gasteiger partial charge < -0.3 is 24.9 Å². The molecule has 2 heterocycles. The third kappa shape index (κ3) is 4.57. The molecule has 0 bridgehead atoms. The molecule has 3 N–H and O–H groups in total. The Kier molecular flexibility index (Phi) is 4.89. The van der Waals surface area contributed by atoms with Gasteiger partial charge in [-0.2, -0.15) is 0 Å². The van der Waals surface area contributed by atoms with Gasteiger partial charge in [-0.3, -0.25) is 0 Å². The predicted molar refractivity (Wildman–Crippen MR) is 86.3 cm³/mol. The molecule has 0 saturated heterocycles. The fraction of sp³-hybridized carbons (Fsp3) is 0.200. The Hall–Kier alpha value is -2.95. The number of carboxylic acid groups (broad SMARTS) is 1. The molecular formula is C15H12F3N3O4S. The number of benzene rings is 1. The predicted octanol–water partition coefficient (Wildman–Crippen LogP) is 3.87. The van der Waals surface area contributed by atoms with Crippen molar-refractivity contribution in [3.63, 3.8) is 0 Å². The highest BCUT2D eigenvalue weighted by Crippen LogP contribution is 2.36. The number of halogens is 3. The maximum Gasteiger partial charge on any atom is 0.573 e. The molecule has 11 heteroatoms. The molecule has 1 amide bonds. The summed E-state index contributed by atoms with van der Waals surface area (Å²) in [6.07, 6.45) is -6.09. The number of rotatable bonds is 6. The molecule has 26 heavy (non-hydrogen) atoms. The molecule has 0 fully saturated rings. The number of carbonyl (C=O) groups is 1. The van der Waals surface area contributed by atoms with Crippen LogP contribution in [0.3, 0.4) is 0 Å². The molecule has 0 unspecified atom stereocenters. The van der Waals surface area contributed by atoms with Crippen LogP contribution in [0.15, 0.2) is 29.1 Å². The number of alkyl halides is 3. The zero-order valence-electron chi connectivity index (χ0n) is 13.0. The molecule has 2 aromatic heterocycles. The van der Waals surface area contributed by atoms with E-state index in [9.17, 15) is 18.0 Å². The van der Waals surface area contributed by atoms with E-state index in [4.69, 9.17) is 9.84 Å². The van der Waals surface area contributed by atoms with Crippen LogP contribution >= 0.6 is 11.3 Å². The first kappa shape index (κ1) is 17.9. The van der Waals surface area contributed by atoms with E-state index in [0.717, 1.165) is 0 Å². The molecule has 0 aliphatic heterocycles. The summed E-state index contributed by atoms with van der Waals surface area (Å²) in [7, 11) is 0. The molecule has 0 aliphatic rings. The Balaban J connectivity index is 1.90. The normalized spacial score (nSPS) is 11.5. The highest BCUT2D eigenvalue weighted by molar-refractivity contribution is 7.07. The minimum atomic E-state index is -4.88. The van der Waals surface area contributed by atoms with Gasteiger partial charge in [0.2, 0.25) is 0 Å². The number of thiazole rings is 1. The quantitative estimate of drug-likeness (QED) is 0.597. The lowest BCUT2D eigenvalue weighted by Crippen LogP contribution is -2.19. The molecule has 0 aliphatic carbocycles. The number of H-pyrrole nitrogens is 1. The van der Waals surface area contributed by atoms with Crippen LogP contribution in [0.1, 0.15) is 11.4 Å². The number of aromatic amines is 1. The summed E-state index contributed by atoms with van der Waals surface area (Å²) >= 11 is 1.34. The minimum Gasteiger partial charge on any atom is -0.483 e. The Labute approximate surface area is 148 Å². The van der Waals surface area contributed by atoms with Gasteiger partial charge in [0, 0.05) is 28.0 Å². The maximum absolute atomic E-state index is 12.7. The number of hydrogen-bond acceptors (Lipinski definition) is 5. The van der Waals surface area contributed by atoms with Crippen LogP contribution < -0.4 is 14.8 Å². The summed E-state index contributed by atoms with van der Waals surface area (Å²) in [5, 5.41) is 12.9. The maximum atomic E-state index is 12.7. The average Bonchev–Trinajstić information content (AvgIpc) is 3.18. The van der Waals surface area contributed by atoms with E-state index in [1.807, 2.05) is 0 Å². The smallest absolute Gasteiger partial charge is 0.483 e. The van der Waals surface area contributed by atoms with Gasteiger partial charge in [0.25, 0.3) is 0 Å². The van der Waals surface area contributed by atoms with E-state index >= 15 is 0 Å². The van der Waals surface area contributed by atoms with Crippen molar-refractivity contribution in [3.8, 4) is 11.5 Å². The van der Waals surface area contributed by atoms with Crippen molar-refractivity contribution in [2.75, 3.05) is 0 Å². The molecule has 3 aromatic rings. The SMILES string of the molecule is O=C(O)NCc1cc2cc(OC(F)(F)F)c(OCc3cscn3)cc2[nH]1. The summed E-state index contributed by atoms with van der Waals surface area (Å²) in [6.45, 7) is -0.0359. The van der Waals surface area contributed by atoms with Crippen LogP contribution in [0, 0.1) is 0 Å². The van der Waals surface area contributed by atoms with Crippen LogP contribution in [0.2, 0.25) is 0 Å². The van der Waals surface area contributed by atoms with Gasteiger partial charge in [0.15, 0.2) is 11.5 Å². The second-order valence-electron chi connectivity index (χ2n) is 5.16. The number of fused-ring (bicyclic) bond motifs is 1. The van der Waals surface area contributed by atoms with Crippen molar-refractivity contribution in [2.45, 2.75) is 19.5 Å². The fourth-order valence-electron chi connectivity index (χ4n) is 2.24. The molecule has 138 valence electrons. The molecule has 0 saturated carbocycles. The van der Waals surface area contributed by atoms with Crippen molar-refractivity contribution in [1.29, 1.82) is 0 Å². The highest BCUT2D eigenvalue weighted by atomic mass is 32.1. The van der Waals surface area contributed by atoms with E-state index < -0.39 is 18.2 Å². The molecule has 0 spiro atoms. The standard InChI is InChI=1S/C15H12F3N3O4S/c16-15(17,18)25-13-2-8-1-9(4-19-14(22)23)21-11(8)3-12(13)24-5-10-6-26-7-20-10/h1-3,6-7,19,21H,4-5H2,(H,22,23). The first-order valence-corrected chi connectivity index (χ1v) is 8.12. The third-order valence-corrected chi connectivity index (χ3v) is 3.89. The van der Waals surface area contributed by atoms with Crippen LogP contribution in [0.5, 0.6) is 11.5 Å². The van der Waals surface area contributed by atoms with Crippen LogP contribution in [0.25, 0.3) is 10.9 Å². The van der Waals surface area contributed by atoms with Crippen molar-refractivity contribution in [2.24, 2.45) is 0 Å². The van der Waals surface area contributed by atoms with Crippen molar-refractivity contribution in [3.05, 3.63) is 40.5 Å². The second kappa shape index (κ2) is 7.12. The van der Waals surface area contributed by atoms with Crippen molar-refractivity contribution in [1.82, 2.24) is 15.3 Å². The summed E-state index contributed by atoms with van der Waals surface area (Å²) in [4.78, 5) is 17.5. The van der Waals surface area contributed by atoms with E-state index in [0.29, 0.717) is 22.3 Å². The minimum absolute atomic E-state index is 0.0165. The average molecular weight is 387 g/mol. The number of ether oxygens (including phenoxy) is 2. The van der Waals surface area contributed by atoms with Crippen molar-refractivity contribution < 1.29 is 32.5 Å². The number of nitrogens with zero attached hydrogens (tertiary/aromatic N) is 1. The molecule has 0 radical (unpaired) electrons. The monoisotopic (exact) mass is 387 g/mol. The summed E-state index contributed by atoms with van der Waals surface area (Å²) < 4.78 is 47.5. The van der Waals surface area contributed by atoms with Crippen molar-refractivity contribution >= 4 is 28.3 Å². The lowest BCUT2D eigenvalue weighted by molar-refractivity contribution is -0.275. The van der Waals surface area contributed by atoms with Gasteiger partial charge in [0.05, 0.1) is 17.7 Å². The van der Waals surface area contributed by atoms with E-state index in [-0.39, 0.29) is 18.9 Å². The Morgan fingerprint density at radius 3 is 2.77 bits per heavy atom. The summed E-state index contributed by atoms with van der Waals surface area (Å²) in [5.41, 5.74) is 3.12. The van der Waals surface area contributed by atoms with Gasteiger partial charge in [0.1, 0.15) is 6.61 Å². The molecular weight excluding hydrogens is 375 g/mol. The zero-order chi connectivity index (χ0) is 18.7. The van der Waals surface area contributed by atoms with Gasteiger partial charge >= 0.3 is 12.5 Å². The molecule has 1 aromatic carbocycles. The summed E-state index contributed by atoms with van der Waals surface area (Å²) in [6, 6.07) is 4.08. The number of amides is 1. The second-order valence-corrected chi connectivity index (χ2v) is 5.87. The highest BCUT2D eigenvalue weighted by Gasteiger charge is 2.33. The topological polar surface area (TPSA) is 96.5 Å². The van der Waals surface area contributed by atoms with Crippen LogP contribution in [0.4, 0.5) is 18.0 Å². The van der Waals surface area contributed by atoms with Gasteiger partial charge in [-0.1, -0.05) is 0 Å². The van der Waals surface area contributed by atoms with Gasteiger partial charge in [-0.25, -0.2) is 9.78 Å². The van der Waals surface area contributed by atoms with Crippen LogP contribution in [-0.4, -0.2) is 27.5 Å². The largest absolute Gasteiger partial charge is 0.573 e. The molecule has 7 nitrogen and oxygen atoms in total.